The Balaban J connectivity index is 1.43. The van der Waals surface area contributed by atoms with E-state index in [0.717, 1.165) is 43.7 Å². The molecule has 0 radical (unpaired) electrons. The summed E-state index contributed by atoms with van der Waals surface area (Å²) in [7, 11) is 1.88. The second kappa shape index (κ2) is 5.14. The van der Waals surface area contributed by atoms with E-state index in [1.165, 1.54) is 0 Å². The van der Waals surface area contributed by atoms with Crippen molar-refractivity contribution < 1.29 is 9.32 Å². The molecular weight excluding hydrogens is 296 g/mol. The van der Waals surface area contributed by atoms with Gasteiger partial charge in [-0.2, -0.15) is 0 Å². The summed E-state index contributed by atoms with van der Waals surface area (Å²) in [4.78, 5) is 16.0. The fraction of sp³-hybridized carbons (Fsp3) is 0.667. The smallest absolute Gasteiger partial charge is 0.320 e. The van der Waals surface area contributed by atoms with Crippen molar-refractivity contribution >= 4 is 12.0 Å². The van der Waals surface area contributed by atoms with Crippen LogP contribution in [0.4, 0.5) is 4.79 Å². The number of aromatic nitrogens is 1. The summed E-state index contributed by atoms with van der Waals surface area (Å²) in [6.45, 7) is 0.788. The summed E-state index contributed by atoms with van der Waals surface area (Å²) in [5.74, 6) is 1.21. The van der Waals surface area contributed by atoms with Gasteiger partial charge in [-0.15, -0.1) is 0 Å². The molecule has 1 saturated carbocycles. The molecule has 3 aliphatic rings. The number of guanidine groups is 1. The molecule has 0 unspecified atom stereocenters. The largest absolute Gasteiger partial charge is 0.370 e. The first kappa shape index (κ1) is 14.3. The lowest BCUT2D eigenvalue weighted by atomic mass is 9.78. The number of carbonyl (C=O) groups excluding carboxylic acids is 1. The SMILES string of the molecule is CN1C(=O)N2C[C@H]1CC[C@H]2c1cc([C@H]2C[C@@H](NC(=N)N)C2)on1. The summed E-state index contributed by atoms with van der Waals surface area (Å²) in [6, 6.07) is 2.72. The molecule has 2 aliphatic heterocycles. The van der Waals surface area contributed by atoms with Crippen LogP contribution in [-0.4, -0.2) is 52.6 Å². The third-order valence-electron chi connectivity index (χ3n) is 5.44. The van der Waals surface area contributed by atoms with Crippen LogP contribution in [0.15, 0.2) is 10.6 Å². The predicted molar refractivity (Wildman–Crippen MR) is 82.9 cm³/mol. The number of rotatable bonds is 3. The number of piperidine rings is 1. The Kier molecular flexibility index (Phi) is 3.21. The Hall–Kier alpha value is -2.25. The molecule has 2 amide bonds. The average molecular weight is 318 g/mol. The number of fused-ring (bicyclic) bond motifs is 2. The molecule has 1 aromatic rings. The Morgan fingerprint density at radius 2 is 2.26 bits per heavy atom. The number of likely N-dealkylation sites (N-methyl/N-ethyl adjacent to an activating group) is 1. The first-order valence-electron chi connectivity index (χ1n) is 8.13. The molecule has 8 nitrogen and oxygen atoms in total. The molecule has 23 heavy (non-hydrogen) atoms. The number of amides is 2. The molecule has 1 aromatic heterocycles. The van der Waals surface area contributed by atoms with Crippen molar-refractivity contribution in [2.24, 2.45) is 5.73 Å². The highest BCUT2D eigenvalue weighted by Crippen LogP contribution is 2.41. The molecule has 3 heterocycles. The van der Waals surface area contributed by atoms with Crippen LogP contribution < -0.4 is 11.1 Å². The van der Waals surface area contributed by atoms with Crippen LogP contribution in [0.25, 0.3) is 0 Å². The highest BCUT2D eigenvalue weighted by atomic mass is 16.5. The van der Waals surface area contributed by atoms with Gasteiger partial charge in [-0.1, -0.05) is 5.16 Å². The van der Waals surface area contributed by atoms with Crippen molar-refractivity contribution in [1.29, 1.82) is 5.41 Å². The van der Waals surface area contributed by atoms with Crippen LogP contribution >= 0.6 is 0 Å². The van der Waals surface area contributed by atoms with Crippen LogP contribution in [0.3, 0.4) is 0 Å². The third kappa shape index (κ3) is 2.32. The van der Waals surface area contributed by atoms with Crippen LogP contribution in [0, 0.1) is 5.41 Å². The molecule has 2 bridgehead atoms. The van der Waals surface area contributed by atoms with Gasteiger partial charge in [-0.05, 0) is 25.7 Å². The minimum atomic E-state index is 0.0140. The molecule has 0 spiro atoms. The number of urea groups is 1. The van der Waals surface area contributed by atoms with E-state index in [2.05, 4.69) is 10.5 Å². The first-order valence-corrected chi connectivity index (χ1v) is 8.13. The topological polar surface area (TPSA) is 111 Å². The summed E-state index contributed by atoms with van der Waals surface area (Å²) in [5.41, 5.74) is 6.21. The Morgan fingerprint density at radius 1 is 1.48 bits per heavy atom. The predicted octanol–water partition coefficient (Wildman–Crippen LogP) is 0.975. The highest BCUT2D eigenvalue weighted by molar-refractivity contribution is 5.78. The maximum absolute atomic E-state index is 12.3. The molecule has 2 atom stereocenters. The van der Waals surface area contributed by atoms with Crippen molar-refractivity contribution in [3.05, 3.63) is 17.5 Å². The van der Waals surface area contributed by atoms with Crippen LogP contribution in [0.5, 0.6) is 0 Å². The van der Waals surface area contributed by atoms with Crippen molar-refractivity contribution in [3.63, 3.8) is 0 Å². The van der Waals surface area contributed by atoms with E-state index in [1.807, 2.05) is 22.9 Å². The van der Waals surface area contributed by atoms with Gasteiger partial charge < -0.3 is 25.4 Å². The lowest BCUT2D eigenvalue weighted by Gasteiger charge is -2.34. The summed E-state index contributed by atoms with van der Waals surface area (Å²) in [5, 5.41) is 14.4. The molecule has 0 aromatic carbocycles. The van der Waals surface area contributed by atoms with Crippen LogP contribution in [0.1, 0.15) is 49.1 Å². The minimum Gasteiger partial charge on any atom is -0.370 e. The van der Waals surface area contributed by atoms with Gasteiger partial charge in [-0.25, -0.2) is 4.79 Å². The van der Waals surface area contributed by atoms with Gasteiger partial charge >= 0.3 is 6.03 Å². The monoisotopic (exact) mass is 318 g/mol. The number of nitrogens with two attached hydrogens (primary N) is 1. The fourth-order valence-electron chi connectivity index (χ4n) is 3.99. The lowest BCUT2D eigenvalue weighted by molar-refractivity contribution is 0.177. The summed E-state index contributed by atoms with van der Waals surface area (Å²) in [6.07, 6.45) is 3.74. The third-order valence-corrected chi connectivity index (χ3v) is 5.44. The summed E-state index contributed by atoms with van der Waals surface area (Å²) < 4.78 is 5.53. The quantitative estimate of drug-likeness (QED) is 0.568. The molecule has 3 fully saturated rings. The standard InChI is InChI=1S/C15H22N6O2/c1-20-10-2-3-12(21(7-10)15(20)22)11-6-13(23-19-11)8-4-9(5-8)18-14(16)17/h6,8-10,12H,2-5,7H2,1H3,(H4,16,17,18)/t8-,9+,10-,12+/m1/s1. The lowest BCUT2D eigenvalue weighted by Crippen LogP contribution is -2.46. The van der Waals surface area contributed by atoms with Gasteiger partial charge in [0.15, 0.2) is 5.96 Å². The van der Waals surface area contributed by atoms with E-state index in [-0.39, 0.29) is 24.1 Å². The van der Waals surface area contributed by atoms with Gasteiger partial charge in [-0.3, -0.25) is 5.41 Å². The number of nitrogens with zero attached hydrogens (tertiary/aromatic N) is 3. The molecular formula is C15H22N6O2. The van der Waals surface area contributed by atoms with Crippen molar-refractivity contribution in [2.45, 2.75) is 49.7 Å². The average Bonchev–Trinajstić information content (AvgIpc) is 3.04. The Bertz CT molecular complexity index is 638. The van der Waals surface area contributed by atoms with E-state index in [4.69, 9.17) is 15.7 Å². The number of hydrogen-bond donors (Lipinski definition) is 3. The van der Waals surface area contributed by atoms with Gasteiger partial charge in [0, 0.05) is 31.6 Å². The number of carbonyl (C=O) groups is 1. The molecule has 4 N–H and O–H groups in total. The number of nitrogens with one attached hydrogen (secondary N) is 2. The van der Waals surface area contributed by atoms with Crippen molar-refractivity contribution in [1.82, 2.24) is 20.3 Å². The zero-order chi connectivity index (χ0) is 16.1. The normalized spacial score (nSPS) is 32.8. The van der Waals surface area contributed by atoms with Crippen molar-refractivity contribution in [2.75, 3.05) is 13.6 Å². The van der Waals surface area contributed by atoms with Crippen LogP contribution in [0.2, 0.25) is 0 Å². The minimum absolute atomic E-state index is 0.0140. The van der Waals surface area contributed by atoms with Gasteiger partial charge in [0.25, 0.3) is 0 Å². The zero-order valence-electron chi connectivity index (χ0n) is 13.2. The molecule has 2 saturated heterocycles. The second-order valence-corrected chi connectivity index (χ2v) is 6.87. The maximum atomic E-state index is 12.3. The van der Waals surface area contributed by atoms with Gasteiger partial charge in [0.1, 0.15) is 11.5 Å². The van der Waals surface area contributed by atoms with E-state index in [9.17, 15) is 4.79 Å². The van der Waals surface area contributed by atoms with Crippen LogP contribution in [-0.2, 0) is 0 Å². The highest BCUT2D eigenvalue weighted by Gasteiger charge is 2.44. The van der Waals surface area contributed by atoms with E-state index in [0.29, 0.717) is 12.0 Å². The molecule has 1 aliphatic carbocycles. The second-order valence-electron chi connectivity index (χ2n) is 6.87. The maximum Gasteiger partial charge on any atom is 0.320 e. The Morgan fingerprint density at radius 3 is 3.00 bits per heavy atom. The summed E-state index contributed by atoms with van der Waals surface area (Å²) >= 11 is 0. The first-order chi connectivity index (χ1) is 11.0. The molecule has 8 heteroatoms. The number of hydrogen-bond acceptors (Lipinski definition) is 4. The molecule has 4 rings (SSSR count). The zero-order valence-corrected chi connectivity index (χ0v) is 13.2. The van der Waals surface area contributed by atoms with E-state index in [1.54, 1.807) is 0 Å². The molecule has 124 valence electrons. The van der Waals surface area contributed by atoms with E-state index < -0.39 is 0 Å². The van der Waals surface area contributed by atoms with Gasteiger partial charge in [0.2, 0.25) is 0 Å². The van der Waals surface area contributed by atoms with Crippen molar-refractivity contribution in [3.8, 4) is 0 Å². The Labute approximate surface area is 134 Å². The van der Waals surface area contributed by atoms with Gasteiger partial charge in [0.05, 0.1) is 12.1 Å². The van der Waals surface area contributed by atoms with E-state index >= 15 is 0 Å². The fourth-order valence-corrected chi connectivity index (χ4v) is 3.99.